The Bertz CT molecular complexity index is 1040. The van der Waals surface area contributed by atoms with Gasteiger partial charge in [-0.3, -0.25) is 9.59 Å². The molecule has 1 aromatic heterocycles. The monoisotopic (exact) mass is 437 g/mol. The Kier molecular flexibility index (Phi) is 6.48. The van der Waals surface area contributed by atoms with Crippen molar-refractivity contribution in [1.29, 1.82) is 0 Å². The van der Waals surface area contributed by atoms with Crippen LogP contribution in [0.4, 0.5) is 0 Å². The summed E-state index contributed by atoms with van der Waals surface area (Å²) in [6, 6.07) is 7.14. The fourth-order valence-electron chi connectivity index (χ4n) is 3.38. The number of hydrogen-bond acceptors (Lipinski definition) is 8. The Labute approximate surface area is 186 Å². The van der Waals surface area contributed by atoms with Crippen LogP contribution in [0.1, 0.15) is 41.9 Å². The first kappa shape index (κ1) is 21.5. The summed E-state index contributed by atoms with van der Waals surface area (Å²) >= 11 is 0. The van der Waals surface area contributed by atoms with Crippen molar-refractivity contribution in [3.63, 3.8) is 0 Å². The summed E-state index contributed by atoms with van der Waals surface area (Å²) in [5.41, 5.74) is 1.81. The lowest BCUT2D eigenvalue weighted by atomic mass is 10.1. The summed E-state index contributed by atoms with van der Waals surface area (Å²) in [4.78, 5) is 35.8. The second-order valence-electron chi connectivity index (χ2n) is 7.79. The molecule has 4 rings (SSSR count). The van der Waals surface area contributed by atoms with Gasteiger partial charge in [-0.2, -0.15) is 4.98 Å². The van der Waals surface area contributed by atoms with Crippen LogP contribution < -0.4 is 16.0 Å². The van der Waals surface area contributed by atoms with Crippen molar-refractivity contribution in [2.75, 3.05) is 33.2 Å². The van der Waals surface area contributed by atoms with Gasteiger partial charge in [0.05, 0.1) is 11.9 Å². The van der Waals surface area contributed by atoms with Gasteiger partial charge in [0, 0.05) is 50.3 Å². The van der Waals surface area contributed by atoms with Crippen molar-refractivity contribution in [1.82, 2.24) is 31.0 Å². The largest absolute Gasteiger partial charge is 0.374 e. The zero-order chi connectivity index (χ0) is 22.5. The molecule has 0 radical (unpaired) electrons. The number of amides is 2. The number of benzene rings is 1. The minimum atomic E-state index is -0.228. The normalized spacial score (nSPS) is 21.1. The summed E-state index contributed by atoms with van der Waals surface area (Å²) in [5.74, 6) is 1.79. The van der Waals surface area contributed by atoms with Crippen LogP contribution in [-0.2, 0) is 4.79 Å². The van der Waals surface area contributed by atoms with Gasteiger partial charge in [0.2, 0.25) is 0 Å². The molecule has 2 amide bonds. The molecule has 1 aromatic carbocycles. The van der Waals surface area contributed by atoms with Gasteiger partial charge >= 0.3 is 0 Å². The zero-order valence-corrected chi connectivity index (χ0v) is 18.2. The highest BCUT2D eigenvalue weighted by Gasteiger charge is 2.29. The van der Waals surface area contributed by atoms with E-state index in [1.54, 1.807) is 31.0 Å². The third-order valence-electron chi connectivity index (χ3n) is 5.46. The summed E-state index contributed by atoms with van der Waals surface area (Å²) in [6.07, 6.45) is 3.74. The Morgan fingerprint density at radius 3 is 2.66 bits per heavy atom. The van der Waals surface area contributed by atoms with Crippen LogP contribution in [0, 0.1) is 0 Å². The number of hydrogen-bond donors (Lipinski definition) is 3. The van der Waals surface area contributed by atoms with Crippen LogP contribution in [0.2, 0.25) is 0 Å². The number of aromatic nitrogens is 2. The van der Waals surface area contributed by atoms with Crippen LogP contribution in [-0.4, -0.2) is 66.4 Å². The van der Waals surface area contributed by atoms with Crippen LogP contribution in [0.5, 0.6) is 0 Å². The highest BCUT2D eigenvalue weighted by atomic mass is 16.5. The van der Waals surface area contributed by atoms with Gasteiger partial charge in [0.15, 0.2) is 5.82 Å². The predicted octanol–water partition coefficient (Wildman–Crippen LogP) is 1.25. The highest BCUT2D eigenvalue weighted by molar-refractivity contribution is 5.95. The molecule has 2 aromatic rings. The molecule has 0 saturated heterocycles. The minimum absolute atomic E-state index is 0.117. The average Bonchev–Trinajstić information content (AvgIpc) is 3.55. The Balaban J connectivity index is 1.43. The van der Waals surface area contributed by atoms with Gasteiger partial charge in [0.1, 0.15) is 5.82 Å². The van der Waals surface area contributed by atoms with E-state index >= 15 is 0 Å². The van der Waals surface area contributed by atoms with Crippen molar-refractivity contribution in [2.24, 2.45) is 4.99 Å². The van der Waals surface area contributed by atoms with E-state index in [0.29, 0.717) is 54.9 Å². The summed E-state index contributed by atoms with van der Waals surface area (Å²) < 4.78 is 5.36. The molecule has 3 N–H and O–H groups in total. The van der Waals surface area contributed by atoms with Crippen molar-refractivity contribution < 1.29 is 14.1 Å². The number of carbonyl (C=O) groups excluding carboxylic acids is 2. The maximum absolute atomic E-state index is 13.1. The smallest absolute Gasteiger partial charge is 0.257 e. The molecule has 0 atom stereocenters. The molecule has 2 heterocycles. The van der Waals surface area contributed by atoms with Crippen LogP contribution in [0.3, 0.4) is 0 Å². The molecule has 2 aliphatic rings. The molecular weight excluding hydrogens is 410 g/mol. The Morgan fingerprint density at radius 1 is 1.19 bits per heavy atom. The van der Waals surface area contributed by atoms with E-state index < -0.39 is 0 Å². The topological polar surface area (TPSA) is 125 Å². The fraction of sp³-hybridized carbons (Fsp3) is 0.409. The lowest BCUT2D eigenvalue weighted by Gasteiger charge is -2.23. The van der Waals surface area contributed by atoms with Crippen LogP contribution in [0.25, 0.3) is 11.5 Å². The van der Waals surface area contributed by atoms with Crippen LogP contribution in [0.15, 0.2) is 45.2 Å². The number of nitrogens with zero attached hydrogens (tertiary/aromatic N) is 4. The summed E-state index contributed by atoms with van der Waals surface area (Å²) in [6.45, 7) is 3.43. The number of rotatable bonds is 4. The SMILES string of the molecule is CNC1=C(\C)C(=O)NCCN(C(=O)c2ccc(-c3nc(C4CC4)no3)cc2)CCN\C=N\1. The molecule has 0 bridgehead atoms. The van der Waals surface area contributed by atoms with E-state index in [1.165, 1.54) is 6.34 Å². The second kappa shape index (κ2) is 9.63. The molecule has 1 saturated carbocycles. The second-order valence-corrected chi connectivity index (χ2v) is 7.79. The average molecular weight is 438 g/mol. The highest BCUT2D eigenvalue weighted by Crippen LogP contribution is 2.38. The Hall–Kier alpha value is -3.69. The van der Waals surface area contributed by atoms with Gasteiger partial charge in [-0.05, 0) is 44.0 Å². The van der Waals surface area contributed by atoms with Gasteiger partial charge in [-0.15, -0.1) is 0 Å². The summed E-state index contributed by atoms with van der Waals surface area (Å²) in [5, 5.41) is 12.9. The van der Waals surface area contributed by atoms with Gasteiger partial charge in [-0.25, -0.2) is 4.99 Å². The van der Waals surface area contributed by atoms with Crippen molar-refractivity contribution in [3.8, 4) is 11.5 Å². The van der Waals surface area contributed by atoms with E-state index in [-0.39, 0.29) is 11.8 Å². The van der Waals surface area contributed by atoms with Crippen molar-refractivity contribution >= 4 is 18.2 Å². The first-order chi connectivity index (χ1) is 15.6. The molecule has 1 fully saturated rings. The van der Waals surface area contributed by atoms with Gasteiger partial charge in [-0.1, -0.05) is 5.16 Å². The van der Waals surface area contributed by atoms with Crippen LogP contribution >= 0.6 is 0 Å². The van der Waals surface area contributed by atoms with E-state index in [2.05, 4.69) is 31.1 Å². The van der Waals surface area contributed by atoms with Crippen molar-refractivity contribution in [2.45, 2.75) is 25.7 Å². The maximum Gasteiger partial charge on any atom is 0.257 e. The summed E-state index contributed by atoms with van der Waals surface area (Å²) in [7, 11) is 1.71. The number of carbonyl (C=O) groups is 2. The fourth-order valence-corrected chi connectivity index (χ4v) is 3.38. The number of nitrogens with one attached hydrogen (secondary N) is 3. The van der Waals surface area contributed by atoms with E-state index in [4.69, 9.17) is 4.52 Å². The standard InChI is InChI=1S/C22H27N7O3/c1-14-18(23-2)26-13-24-9-11-29(12-10-25-20(14)30)22(31)17-7-5-16(6-8-17)21-27-19(28-32-21)15-3-4-15/h5-8,13,15,23H,3-4,9-12H2,1-2H3,(H,24,26)(H,25,30)/b18-14-. The predicted molar refractivity (Wildman–Crippen MR) is 119 cm³/mol. The maximum atomic E-state index is 13.1. The Morgan fingerprint density at radius 2 is 1.94 bits per heavy atom. The third-order valence-corrected chi connectivity index (χ3v) is 5.46. The first-order valence-corrected chi connectivity index (χ1v) is 10.7. The molecule has 1 aliphatic heterocycles. The molecule has 1 aliphatic carbocycles. The van der Waals surface area contributed by atoms with Gasteiger partial charge in [0.25, 0.3) is 17.7 Å². The quantitative estimate of drug-likeness (QED) is 0.657. The lowest BCUT2D eigenvalue weighted by molar-refractivity contribution is -0.117. The zero-order valence-electron chi connectivity index (χ0n) is 18.2. The molecule has 32 heavy (non-hydrogen) atoms. The van der Waals surface area contributed by atoms with Crippen molar-refractivity contribution in [3.05, 3.63) is 47.0 Å². The van der Waals surface area contributed by atoms with E-state index in [1.807, 2.05) is 12.1 Å². The lowest BCUT2D eigenvalue weighted by Crippen LogP contribution is -2.42. The van der Waals surface area contributed by atoms with E-state index in [9.17, 15) is 9.59 Å². The molecule has 10 nitrogen and oxygen atoms in total. The molecular formula is C22H27N7O3. The molecule has 168 valence electrons. The molecule has 0 unspecified atom stereocenters. The van der Waals surface area contributed by atoms with Gasteiger partial charge < -0.3 is 25.4 Å². The first-order valence-electron chi connectivity index (χ1n) is 10.7. The number of aliphatic imine (C=N–C) groups is 1. The third kappa shape index (κ3) is 4.96. The minimum Gasteiger partial charge on any atom is -0.374 e. The van der Waals surface area contributed by atoms with E-state index in [0.717, 1.165) is 24.2 Å². The molecule has 0 spiro atoms. The molecule has 10 heteroatoms.